The van der Waals surface area contributed by atoms with Crippen LogP contribution in [0, 0.1) is 11.6 Å². The third-order valence-electron chi connectivity index (χ3n) is 3.23. The van der Waals surface area contributed by atoms with Crippen LogP contribution in [0.15, 0.2) is 47.4 Å². The third kappa shape index (κ3) is 2.06. The fourth-order valence-electron chi connectivity index (χ4n) is 2.26. The molecular formula is C15H10F2OS. The van der Waals surface area contributed by atoms with Crippen LogP contribution in [-0.2, 0) is 0 Å². The Morgan fingerprint density at radius 2 is 1.89 bits per heavy atom. The molecule has 0 fully saturated rings. The largest absolute Gasteiger partial charge is 0.293 e. The Balaban J connectivity index is 2.00. The Morgan fingerprint density at radius 1 is 1.11 bits per heavy atom. The summed E-state index contributed by atoms with van der Waals surface area (Å²) in [6.45, 7) is 0. The van der Waals surface area contributed by atoms with E-state index in [1.54, 1.807) is 11.8 Å². The summed E-state index contributed by atoms with van der Waals surface area (Å²) in [5, 5.41) is 0. The Hall–Kier alpha value is -1.68. The van der Waals surface area contributed by atoms with Crippen molar-refractivity contribution in [2.75, 3.05) is 5.75 Å². The predicted molar refractivity (Wildman–Crippen MR) is 70.6 cm³/mol. The summed E-state index contributed by atoms with van der Waals surface area (Å²) in [6, 6.07) is 11.3. The molecule has 0 bridgehead atoms. The van der Waals surface area contributed by atoms with Crippen LogP contribution < -0.4 is 0 Å². The Labute approximate surface area is 113 Å². The van der Waals surface area contributed by atoms with Gasteiger partial charge in [-0.1, -0.05) is 24.3 Å². The maximum atomic E-state index is 13.7. The van der Waals surface area contributed by atoms with Crippen molar-refractivity contribution in [1.82, 2.24) is 0 Å². The van der Waals surface area contributed by atoms with Crippen LogP contribution in [0.25, 0.3) is 0 Å². The van der Waals surface area contributed by atoms with Gasteiger partial charge in [0, 0.05) is 10.6 Å². The lowest BCUT2D eigenvalue weighted by Gasteiger charge is -2.10. The van der Waals surface area contributed by atoms with E-state index in [0.29, 0.717) is 5.75 Å². The molecule has 0 saturated heterocycles. The molecule has 0 amide bonds. The van der Waals surface area contributed by atoms with Gasteiger partial charge in [0.1, 0.15) is 0 Å². The Kier molecular flexibility index (Phi) is 3.11. The highest BCUT2D eigenvalue weighted by molar-refractivity contribution is 7.99. The number of carbonyl (C=O) groups excluding carboxylic acids is 1. The van der Waals surface area contributed by atoms with E-state index in [1.165, 1.54) is 12.1 Å². The SMILES string of the molecule is O=C(c1cccc(F)c1F)C1CSc2ccccc21. The average Bonchev–Trinajstić information content (AvgIpc) is 2.85. The molecule has 0 aliphatic carbocycles. The van der Waals surface area contributed by atoms with Crippen LogP contribution in [0.1, 0.15) is 21.8 Å². The molecule has 0 saturated carbocycles. The molecule has 0 aromatic heterocycles. The normalized spacial score (nSPS) is 17.3. The number of fused-ring (bicyclic) bond motifs is 1. The van der Waals surface area contributed by atoms with Crippen LogP contribution >= 0.6 is 11.8 Å². The molecule has 3 rings (SSSR count). The standard InChI is InChI=1S/C15H10F2OS/c16-12-6-3-5-10(14(12)17)15(18)11-8-19-13-7-2-1-4-9(11)13/h1-7,11H,8H2. The first-order chi connectivity index (χ1) is 9.18. The van der Waals surface area contributed by atoms with E-state index < -0.39 is 17.6 Å². The molecular weight excluding hydrogens is 266 g/mol. The highest BCUT2D eigenvalue weighted by Gasteiger charge is 2.31. The van der Waals surface area contributed by atoms with Crippen molar-refractivity contribution in [3.8, 4) is 0 Å². The van der Waals surface area contributed by atoms with Gasteiger partial charge in [0.05, 0.1) is 11.5 Å². The minimum absolute atomic E-state index is 0.165. The zero-order valence-electron chi connectivity index (χ0n) is 9.90. The van der Waals surface area contributed by atoms with Gasteiger partial charge in [-0.05, 0) is 23.8 Å². The third-order valence-corrected chi connectivity index (χ3v) is 4.42. The molecule has 2 aromatic carbocycles. The van der Waals surface area contributed by atoms with Gasteiger partial charge in [0.15, 0.2) is 17.4 Å². The maximum absolute atomic E-state index is 13.7. The summed E-state index contributed by atoms with van der Waals surface area (Å²) in [4.78, 5) is 13.4. The summed E-state index contributed by atoms with van der Waals surface area (Å²) < 4.78 is 26.9. The van der Waals surface area contributed by atoms with Crippen molar-refractivity contribution in [1.29, 1.82) is 0 Å². The zero-order valence-corrected chi connectivity index (χ0v) is 10.7. The van der Waals surface area contributed by atoms with Gasteiger partial charge in [-0.15, -0.1) is 11.8 Å². The van der Waals surface area contributed by atoms with Crippen molar-refractivity contribution in [3.05, 3.63) is 65.2 Å². The monoisotopic (exact) mass is 276 g/mol. The van der Waals surface area contributed by atoms with Gasteiger partial charge in [-0.2, -0.15) is 0 Å². The number of halogens is 2. The van der Waals surface area contributed by atoms with E-state index in [4.69, 9.17) is 0 Å². The fourth-order valence-corrected chi connectivity index (χ4v) is 3.49. The molecule has 19 heavy (non-hydrogen) atoms. The van der Waals surface area contributed by atoms with Gasteiger partial charge < -0.3 is 0 Å². The summed E-state index contributed by atoms with van der Waals surface area (Å²) in [6.07, 6.45) is 0. The second-order valence-electron chi connectivity index (χ2n) is 4.37. The first-order valence-corrected chi connectivity index (χ1v) is 6.87. The van der Waals surface area contributed by atoms with E-state index in [2.05, 4.69) is 0 Å². The molecule has 1 aliphatic heterocycles. The number of benzene rings is 2. The van der Waals surface area contributed by atoms with Gasteiger partial charge in [-0.25, -0.2) is 8.78 Å². The number of carbonyl (C=O) groups is 1. The van der Waals surface area contributed by atoms with Gasteiger partial charge >= 0.3 is 0 Å². The second-order valence-corrected chi connectivity index (χ2v) is 5.43. The quantitative estimate of drug-likeness (QED) is 0.770. The number of hydrogen-bond donors (Lipinski definition) is 0. The number of rotatable bonds is 2. The molecule has 2 aromatic rings. The highest BCUT2D eigenvalue weighted by Crippen LogP contribution is 2.41. The molecule has 1 unspecified atom stereocenters. The Bertz CT molecular complexity index is 654. The molecule has 0 N–H and O–H groups in total. The first-order valence-electron chi connectivity index (χ1n) is 5.88. The summed E-state index contributed by atoms with van der Waals surface area (Å²) in [5.41, 5.74) is 0.739. The van der Waals surface area contributed by atoms with Crippen molar-refractivity contribution in [3.63, 3.8) is 0 Å². The topological polar surface area (TPSA) is 17.1 Å². The van der Waals surface area contributed by atoms with Crippen LogP contribution in [0.2, 0.25) is 0 Å². The minimum atomic E-state index is -1.05. The number of ketones is 1. The van der Waals surface area contributed by atoms with Crippen LogP contribution in [0.4, 0.5) is 8.78 Å². The molecule has 1 atom stereocenters. The van der Waals surface area contributed by atoms with Crippen molar-refractivity contribution in [2.24, 2.45) is 0 Å². The van der Waals surface area contributed by atoms with Gasteiger partial charge in [-0.3, -0.25) is 4.79 Å². The highest BCUT2D eigenvalue weighted by atomic mass is 32.2. The lowest BCUT2D eigenvalue weighted by Crippen LogP contribution is -2.14. The minimum Gasteiger partial charge on any atom is -0.293 e. The lowest BCUT2D eigenvalue weighted by atomic mass is 9.92. The van der Waals surface area contributed by atoms with Gasteiger partial charge in [0.2, 0.25) is 0 Å². The van der Waals surface area contributed by atoms with Crippen LogP contribution in [0.5, 0.6) is 0 Å². The lowest BCUT2D eigenvalue weighted by molar-refractivity contribution is 0.0963. The molecule has 1 aliphatic rings. The molecule has 4 heteroatoms. The van der Waals surface area contributed by atoms with Crippen molar-refractivity contribution >= 4 is 17.5 Å². The van der Waals surface area contributed by atoms with E-state index in [1.807, 2.05) is 24.3 Å². The molecule has 0 spiro atoms. The maximum Gasteiger partial charge on any atom is 0.174 e. The van der Waals surface area contributed by atoms with Gasteiger partial charge in [0.25, 0.3) is 0 Å². The Morgan fingerprint density at radius 3 is 2.74 bits per heavy atom. The molecule has 1 nitrogen and oxygen atoms in total. The van der Waals surface area contributed by atoms with Crippen LogP contribution in [-0.4, -0.2) is 11.5 Å². The second kappa shape index (κ2) is 4.78. The van der Waals surface area contributed by atoms with E-state index >= 15 is 0 Å². The summed E-state index contributed by atoms with van der Waals surface area (Å²) >= 11 is 1.57. The first kappa shape index (κ1) is 12.4. The van der Waals surface area contributed by atoms with Crippen molar-refractivity contribution < 1.29 is 13.6 Å². The van der Waals surface area contributed by atoms with E-state index in [9.17, 15) is 13.6 Å². The smallest absolute Gasteiger partial charge is 0.174 e. The zero-order chi connectivity index (χ0) is 13.4. The number of Topliss-reactive ketones (excluding diaryl/α,β-unsaturated/α-hetero) is 1. The summed E-state index contributed by atoms with van der Waals surface area (Å²) in [7, 11) is 0. The average molecular weight is 276 g/mol. The number of thioether (sulfide) groups is 1. The van der Waals surface area contributed by atoms with Crippen LogP contribution in [0.3, 0.4) is 0 Å². The summed E-state index contributed by atoms with van der Waals surface area (Å²) in [5.74, 6) is -2.20. The van der Waals surface area contributed by atoms with E-state index in [0.717, 1.165) is 16.5 Å². The molecule has 96 valence electrons. The predicted octanol–water partition coefficient (Wildman–Crippen LogP) is 4.04. The molecule has 1 heterocycles. The van der Waals surface area contributed by atoms with Crippen molar-refractivity contribution in [2.45, 2.75) is 10.8 Å². The van der Waals surface area contributed by atoms with E-state index in [-0.39, 0.29) is 11.3 Å². The fraction of sp³-hybridized carbons (Fsp3) is 0.133. The number of hydrogen-bond acceptors (Lipinski definition) is 2. The molecule has 0 radical (unpaired) electrons.